The highest BCUT2D eigenvalue weighted by Crippen LogP contribution is 2.46. The Kier molecular flexibility index (Phi) is 8.94. The second-order valence-electron chi connectivity index (χ2n) is 7.38. The Balaban J connectivity index is 1.81. The number of aliphatic carboxylic acids is 1. The molecule has 0 aliphatic rings. The van der Waals surface area contributed by atoms with Gasteiger partial charge in [-0.1, -0.05) is 83.9 Å². The van der Waals surface area contributed by atoms with E-state index >= 15 is 0 Å². The summed E-state index contributed by atoms with van der Waals surface area (Å²) < 4.78 is 10.6. The molecule has 3 N–H and O–H groups in total. The Morgan fingerprint density at radius 1 is 0.971 bits per heavy atom. The predicted octanol–water partition coefficient (Wildman–Crippen LogP) is 5.38. The molecule has 0 aromatic heterocycles. The van der Waals surface area contributed by atoms with E-state index in [-0.39, 0.29) is 28.1 Å². The van der Waals surface area contributed by atoms with Gasteiger partial charge in [-0.3, -0.25) is 4.79 Å². The molecule has 8 nitrogen and oxygen atoms in total. The van der Waals surface area contributed by atoms with Gasteiger partial charge in [0, 0.05) is 0 Å². The van der Waals surface area contributed by atoms with E-state index in [0.717, 1.165) is 5.56 Å². The molecule has 0 radical (unpaired) electrons. The molecule has 0 aliphatic carbocycles. The minimum absolute atomic E-state index is 0.0443. The van der Waals surface area contributed by atoms with E-state index in [9.17, 15) is 14.4 Å². The summed E-state index contributed by atoms with van der Waals surface area (Å²) in [5.41, 5.74) is 1.83. The first-order valence-electron chi connectivity index (χ1n) is 10.5. The zero-order valence-corrected chi connectivity index (χ0v) is 20.1. The molecular formula is C25H22Cl2N2O6. The number of carboxylic acids is 1. The summed E-state index contributed by atoms with van der Waals surface area (Å²) in [6, 6.07) is 18.2. The third-order valence-corrected chi connectivity index (χ3v) is 5.36. The van der Waals surface area contributed by atoms with Gasteiger partial charge in [0.1, 0.15) is 18.4 Å². The van der Waals surface area contributed by atoms with Crippen LogP contribution in [-0.4, -0.2) is 35.7 Å². The van der Waals surface area contributed by atoms with Gasteiger partial charge in [0.2, 0.25) is 5.91 Å². The standard InChI is InChI=1S/C25H22Cl2N2O6/c1-15(28-25(33)35-13-16-8-4-2-5-9-16)24(32)29-22-18(26)12-19(27)23(34-14-20(30)31)21(22)17-10-6-3-7-11-17/h2-12,15H,13-14H2,1H3,(H,28,33)(H,29,32)(H,30,31)/t15-/m1/s1. The summed E-state index contributed by atoms with van der Waals surface area (Å²) in [6.07, 6.45) is -0.771. The van der Waals surface area contributed by atoms with E-state index in [0.29, 0.717) is 11.1 Å². The lowest BCUT2D eigenvalue weighted by Crippen LogP contribution is -2.41. The third-order valence-electron chi connectivity index (χ3n) is 4.78. The average molecular weight is 517 g/mol. The first-order valence-corrected chi connectivity index (χ1v) is 11.2. The molecular weight excluding hydrogens is 495 g/mol. The van der Waals surface area contributed by atoms with Crippen molar-refractivity contribution in [3.05, 3.63) is 82.3 Å². The number of ether oxygens (including phenoxy) is 2. The number of hydrogen-bond acceptors (Lipinski definition) is 5. The molecule has 3 aromatic carbocycles. The maximum atomic E-state index is 12.9. The van der Waals surface area contributed by atoms with Gasteiger partial charge in [-0.15, -0.1) is 0 Å². The van der Waals surface area contributed by atoms with Crippen LogP contribution in [0.15, 0.2) is 66.7 Å². The minimum Gasteiger partial charge on any atom is -0.480 e. The second-order valence-corrected chi connectivity index (χ2v) is 8.20. The number of amides is 2. The fourth-order valence-electron chi connectivity index (χ4n) is 3.12. The molecule has 0 heterocycles. The number of carboxylic acid groups (broad SMARTS) is 1. The summed E-state index contributed by atoms with van der Waals surface area (Å²) in [5, 5.41) is 14.4. The molecule has 0 fully saturated rings. The molecule has 0 saturated heterocycles. The van der Waals surface area contributed by atoms with Crippen LogP contribution in [0.25, 0.3) is 11.1 Å². The molecule has 0 spiro atoms. The van der Waals surface area contributed by atoms with E-state index in [2.05, 4.69) is 10.6 Å². The van der Waals surface area contributed by atoms with Gasteiger partial charge in [-0.05, 0) is 24.1 Å². The highest BCUT2D eigenvalue weighted by molar-refractivity contribution is 6.39. The number of carbonyl (C=O) groups excluding carboxylic acids is 2. The van der Waals surface area contributed by atoms with Gasteiger partial charge in [0.05, 0.1) is 21.3 Å². The Morgan fingerprint density at radius 3 is 2.23 bits per heavy atom. The lowest BCUT2D eigenvalue weighted by Gasteiger charge is -2.20. The first-order chi connectivity index (χ1) is 16.8. The van der Waals surface area contributed by atoms with Crippen LogP contribution < -0.4 is 15.4 Å². The summed E-state index contributed by atoms with van der Waals surface area (Å²) in [6.45, 7) is 0.874. The number of carbonyl (C=O) groups is 3. The van der Waals surface area contributed by atoms with Crippen LogP contribution in [0.1, 0.15) is 12.5 Å². The Labute approximate surface area is 211 Å². The van der Waals surface area contributed by atoms with Crippen molar-refractivity contribution in [3.8, 4) is 16.9 Å². The van der Waals surface area contributed by atoms with E-state index < -0.39 is 30.6 Å². The van der Waals surface area contributed by atoms with Gasteiger partial charge < -0.3 is 25.2 Å². The maximum Gasteiger partial charge on any atom is 0.408 e. The van der Waals surface area contributed by atoms with Crippen LogP contribution in [-0.2, 0) is 20.9 Å². The van der Waals surface area contributed by atoms with Crippen LogP contribution >= 0.6 is 23.2 Å². The number of halogens is 2. The van der Waals surface area contributed by atoms with Crippen LogP contribution in [0.3, 0.4) is 0 Å². The topological polar surface area (TPSA) is 114 Å². The number of alkyl carbamates (subject to hydrolysis) is 1. The van der Waals surface area contributed by atoms with E-state index in [4.69, 9.17) is 37.8 Å². The summed E-state index contributed by atoms with van der Waals surface area (Å²) in [4.78, 5) is 36.1. The summed E-state index contributed by atoms with van der Waals surface area (Å²) in [7, 11) is 0. The zero-order valence-electron chi connectivity index (χ0n) is 18.6. The van der Waals surface area contributed by atoms with Crippen molar-refractivity contribution in [2.24, 2.45) is 0 Å². The molecule has 0 aliphatic heterocycles. The molecule has 0 bridgehead atoms. The Bertz CT molecular complexity index is 1210. The van der Waals surface area contributed by atoms with Crippen molar-refractivity contribution in [3.63, 3.8) is 0 Å². The normalized spacial score (nSPS) is 11.3. The molecule has 2 amide bonds. The van der Waals surface area contributed by atoms with Crippen LogP contribution in [0.2, 0.25) is 10.0 Å². The Morgan fingerprint density at radius 2 is 1.60 bits per heavy atom. The lowest BCUT2D eigenvalue weighted by molar-refractivity contribution is -0.139. The smallest absolute Gasteiger partial charge is 0.408 e. The fourth-order valence-corrected chi connectivity index (χ4v) is 3.68. The third kappa shape index (κ3) is 7.11. The molecule has 182 valence electrons. The van der Waals surface area contributed by atoms with Crippen molar-refractivity contribution >= 4 is 46.9 Å². The van der Waals surface area contributed by atoms with Gasteiger partial charge in [-0.2, -0.15) is 0 Å². The highest BCUT2D eigenvalue weighted by atomic mass is 35.5. The van der Waals surface area contributed by atoms with E-state index in [1.54, 1.807) is 42.5 Å². The highest BCUT2D eigenvalue weighted by Gasteiger charge is 2.24. The van der Waals surface area contributed by atoms with Crippen LogP contribution in [0, 0.1) is 0 Å². The molecule has 35 heavy (non-hydrogen) atoms. The van der Waals surface area contributed by atoms with E-state index in [1.165, 1.54) is 13.0 Å². The molecule has 3 rings (SSSR count). The minimum atomic E-state index is -1.20. The number of hydrogen-bond donors (Lipinski definition) is 3. The van der Waals surface area contributed by atoms with Crippen LogP contribution in [0.5, 0.6) is 5.75 Å². The van der Waals surface area contributed by atoms with Crippen molar-refractivity contribution in [1.29, 1.82) is 0 Å². The lowest BCUT2D eigenvalue weighted by atomic mass is 10.0. The van der Waals surface area contributed by atoms with Gasteiger partial charge in [0.25, 0.3) is 0 Å². The molecule has 1 atom stereocenters. The zero-order chi connectivity index (χ0) is 25.4. The van der Waals surface area contributed by atoms with Crippen molar-refractivity contribution in [2.45, 2.75) is 19.6 Å². The van der Waals surface area contributed by atoms with Crippen molar-refractivity contribution in [1.82, 2.24) is 5.32 Å². The van der Waals surface area contributed by atoms with Gasteiger partial charge >= 0.3 is 12.1 Å². The number of benzene rings is 3. The predicted molar refractivity (Wildman–Crippen MR) is 133 cm³/mol. The molecule has 0 saturated carbocycles. The fraction of sp³-hybridized carbons (Fsp3) is 0.160. The summed E-state index contributed by atoms with van der Waals surface area (Å²) in [5.74, 6) is -1.75. The van der Waals surface area contributed by atoms with Crippen molar-refractivity contribution in [2.75, 3.05) is 11.9 Å². The molecule has 10 heteroatoms. The summed E-state index contributed by atoms with van der Waals surface area (Å²) >= 11 is 12.7. The maximum absolute atomic E-state index is 12.9. The SMILES string of the molecule is C[C@@H](NC(=O)OCc1ccccc1)C(=O)Nc1c(Cl)cc(Cl)c(OCC(=O)O)c1-c1ccccc1. The number of anilines is 1. The second kappa shape index (κ2) is 12.1. The average Bonchev–Trinajstić information content (AvgIpc) is 2.84. The quantitative estimate of drug-likeness (QED) is 0.351. The van der Waals surface area contributed by atoms with Gasteiger partial charge in [0.15, 0.2) is 6.61 Å². The van der Waals surface area contributed by atoms with Crippen LogP contribution in [0.4, 0.5) is 10.5 Å². The van der Waals surface area contributed by atoms with E-state index in [1.807, 2.05) is 18.2 Å². The first kappa shape index (κ1) is 25.9. The Hall–Kier alpha value is -3.75. The van der Waals surface area contributed by atoms with Crippen molar-refractivity contribution < 1.29 is 29.0 Å². The molecule has 0 unspecified atom stereocenters. The number of nitrogens with one attached hydrogen (secondary N) is 2. The largest absolute Gasteiger partial charge is 0.480 e. The number of rotatable bonds is 9. The molecule has 3 aromatic rings. The van der Waals surface area contributed by atoms with Gasteiger partial charge in [-0.25, -0.2) is 9.59 Å². The monoisotopic (exact) mass is 516 g/mol.